The molecule has 41 heavy (non-hydrogen) atoms. The average molecular weight is 544 g/mol. The lowest BCUT2D eigenvalue weighted by atomic mass is 9.82. The molecule has 2 heteroatoms. The standard InChI is InChI=1S/C39H29NS/c1-39(2)35-14-8-6-12-31(35)33-25-30(21-22-36(33)39)40(28-10-4-3-5-11-28)29-19-16-26(17-20-29)27-18-23-38-34(24-27)32-13-7-9-15-37(32)41-38/h3-25H,1-2H3. The molecule has 0 bridgehead atoms. The molecule has 0 aliphatic heterocycles. The van der Waals surface area contributed by atoms with Gasteiger partial charge in [0.15, 0.2) is 0 Å². The van der Waals surface area contributed by atoms with Crippen LogP contribution in [0.2, 0.25) is 0 Å². The molecule has 0 amide bonds. The fraction of sp³-hybridized carbons (Fsp3) is 0.0769. The highest BCUT2D eigenvalue weighted by Crippen LogP contribution is 2.50. The molecule has 1 aromatic heterocycles. The lowest BCUT2D eigenvalue weighted by Gasteiger charge is -2.27. The summed E-state index contributed by atoms with van der Waals surface area (Å²) in [5.41, 5.74) is 11.4. The highest BCUT2D eigenvalue weighted by Gasteiger charge is 2.35. The summed E-state index contributed by atoms with van der Waals surface area (Å²) in [5, 5.41) is 2.67. The number of nitrogens with zero attached hydrogens (tertiary/aromatic N) is 1. The van der Waals surface area contributed by atoms with Crippen molar-refractivity contribution >= 4 is 48.6 Å². The van der Waals surface area contributed by atoms with E-state index in [1.165, 1.54) is 59.2 Å². The predicted molar refractivity (Wildman–Crippen MR) is 177 cm³/mol. The lowest BCUT2D eigenvalue weighted by molar-refractivity contribution is 0.660. The van der Waals surface area contributed by atoms with Crippen LogP contribution in [0, 0.1) is 0 Å². The van der Waals surface area contributed by atoms with Crippen molar-refractivity contribution in [3.05, 3.63) is 151 Å². The van der Waals surface area contributed by atoms with Gasteiger partial charge in [0.2, 0.25) is 0 Å². The number of benzene rings is 6. The average Bonchev–Trinajstić information content (AvgIpc) is 3.50. The molecule has 6 aromatic carbocycles. The van der Waals surface area contributed by atoms with E-state index in [-0.39, 0.29) is 5.41 Å². The molecule has 0 radical (unpaired) electrons. The molecule has 0 saturated carbocycles. The second kappa shape index (κ2) is 9.19. The summed E-state index contributed by atoms with van der Waals surface area (Å²) < 4.78 is 2.68. The lowest BCUT2D eigenvalue weighted by Crippen LogP contribution is -2.15. The van der Waals surface area contributed by atoms with Crippen LogP contribution in [-0.2, 0) is 5.41 Å². The molecule has 0 N–H and O–H groups in total. The van der Waals surface area contributed by atoms with Gasteiger partial charge >= 0.3 is 0 Å². The number of hydrogen-bond acceptors (Lipinski definition) is 2. The summed E-state index contributed by atoms with van der Waals surface area (Å²) in [6.45, 7) is 4.67. The highest BCUT2D eigenvalue weighted by atomic mass is 32.1. The zero-order chi connectivity index (χ0) is 27.6. The van der Waals surface area contributed by atoms with E-state index >= 15 is 0 Å². The molecular weight excluding hydrogens is 515 g/mol. The maximum Gasteiger partial charge on any atom is 0.0468 e. The number of thiophene rings is 1. The second-order valence-electron chi connectivity index (χ2n) is 11.4. The summed E-state index contributed by atoms with van der Waals surface area (Å²) in [7, 11) is 0. The molecule has 8 rings (SSSR count). The summed E-state index contributed by atoms with van der Waals surface area (Å²) >= 11 is 1.86. The van der Waals surface area contributed by atoms with Crippen molar-refractivity contribution in [1.29, 1.82) is 0 Å². The van der Waals surface area contributed by atoms with Gasteiger partial charge in [-0.1, -0.05) is 98.8 Å². The van der Waals surface area contributed by atoms with Gasteiger partial charge in [-0.2, -0.15) is 0 Å². The van der Waals surface area contributed by atoms with E-state index in [1.54, 1.807) is 0 Å². The monoisotopic (exact) mass is 543 g/mol. The minimum Gasteiger partial charge on any atom is -0.310 e. The van der Waals surface area contributed by atoms with Gasteiger partial charge < -0.3 is 4.90 Å². The third-order valence-corrected chi connectivity index (χ3v) is 9.83. The van der Waals surface area contributed by atoms with E-state index in [1.807, 2.05) is 11.3 Å². The van der Waals surface area contributed by atoms with E-state index in [4.69, 9.17) is 0 Å². The Morgan fingerprint density at radius 1 is 0.463 bits per heavy atom. The summed E-state index contributed by atoms with van der Waals surface area (Å²) in [6.07, 6.45) is 0. The minimum atomic E-state index is -0.00143. The summed E-state index contributed by atoms with van der Waals surface area (Å²) in [4.78, 5) is 2.37. The van der Waals surface area contributed by atoms with E-state index < -0.39 is 0 Å². The van der Waals surface area contributed by atoms with Crippen molar-refractivity contribution in [3.63, 3.8) is 0 Å². The predicted octanol–water partition coefficient (Wildman–Crippen LogP) is 11.5. The molecule has 1 aliphatic carbocycles. The first-order valence-corrected chi connectivity index (χ1v) is 15.0. The Morgan fingerprint density at radius 3 is 1.95 bits per heavy atom. The Kier molecular flexibility index (Phi) is 5.42. The van der Waals surface area contributed by atoms with Crippen LogP contribution in [0.4, 0.5) is 17.1 Å². The van der Waals surface area contributed by atoms with Crippen LogP contribution >= 0.6 is 11.3 Å². The normalized spacial score (nSPS) is 13.3. The van der Waals surface area contributed by atoms with Gasteiger partial charge in [0.25, 0.3) is 0 Å². The number of anilines is 3. The van der Waals surface area contributed by atoms with Gasteiger partial charge in [0.05, 0.1) is 0 Å². The Labute approximate surface area is 245 Å². The van der Waals surface area contributed by atoms with E-state index in [9.17, 15) is 0 Å². The molecule has 0 saturated heterocycles. The molecule has 7 aromatic rings. The van der Waals surface area contributed by atoms with Crippen LogP contribution in [0.15, 0.2) is 140 Å². The number of fused-ring (bicyclic) bond motifs is 6. The molecule has 0 atom stereocenters. The number of hydrogen-bond donors (Lipinski definition) is 0. The topological polar surface area (TPSA) is 3.24 Å². The number of rotatable bonds is 4. The third kappa shape index (κ3) is 3.83. The van der Waals surface area contributed by atoms with Gasteiger partial charge in [-0.3, -0.25) is 0 Å². The maximum atomic E-state index is 2.37. The Hall–Kier alpha value is -4.66. The van der Waals surface area contributed by atoms with Crippen molar-refractivity contribution in [1.82, 2.24) is 0 Å². The Bertz CT molecular complexity index is 2070. The first-order chi connectivity index (χ1) is 20.1. The molecule has 0 unspecified atom stereocenters. The second-order valence-corrected chi connectivity index (χ2v) is 12.5. The van der Waals surface area contributed by atoms with Gasteiger partial charge in [0.1, 0.15) is 0 Å². The van der Waals surface area contributed by atoms with E-state index in [0.29, 0.717) is 0 Å². The van der Waals surface area contributed by atoms with Gasteiger partial charge in [-0.05, 0) is 88.0 Å². The maximum absolute atomic E-state index is 2.37. The zero-order valence-electron chi connectivity index (χ0n) is 23.1. The van der Waals surface area contributed by atoms with Gasteiger partial charge in [-0.15, -0.1) is 11.3 Å². The molecule has 1 nitrogen and oxygen atoms in total. The van der Waals surface area contributed by atoms with Crippen molar-refractivity contribution < 1.29 is 0 Å². The summed E-state index contributed by atoms with van der Waals surface area (Å²) in [5.74, 6) is 0. The van der Waals surface area contributed by atoms with Crippen molar-refractivity contribution in [3.8, 4) is 22.3 Å². The van der Waals surface area contributed by atoms with E-state index in [2.05, 4.69) is 158 Å². The SMILES string of the molecule is CC1(C)c2ccccc2-c2cc(N(c3ccccc3)c3ccc(-c4ccc5sc6ccccc6c5c4)cc3)ccc21. The Morgan fingerprint density at radius 2 is 1.10 bits per heavy atom. The first-order valence-electron chi connectivity index (χ1n) is 14.2. The Balaban J connectivity index is 1.22. The van der Waals surface area contributed by atoms with E-state index in [0.717, 1.165) is 11.4 Å². The molecule has 0 spiro atoms. The van der Waals surface area contributed by atoms with Gasteiger partial charge in [0, 0.05) is 42.6 Å². The molecular formula is C39H29NS. The molecule has 196 valence electrons. The van der Waals surface area contributed by atoms with Crippen LogP contribution < -0.4 is 4.90 Å². The van der Waals surface area contributed by atoms with Crippen LogP contribution in [-0.4, -0.2) is 0 Å². The quantitative estimate of drug-likeness (QED) is 0.213. The highest BCUT2D eigenvalue weighted by molar-refractivity contribution is 7.25. The fourth-order valence-corrected chi connectivity index (χ4v) is 7.67. The van der Waals surface area contributed by atoms with Crippen LogP contribution in [0.1, 0.15) is 25.0 Å². The number of para-hydroxylation sites is 1. The van der Waals surface area contributed by atoms with Crippen LogP contribution in [0.3, 0.4) is 0 Å². The zero-order valence-corrected chi connectivity index (χ0v) is 24.0. The molecule has 1 heterocycles. The van der Waals surface area contributed by atoms with Crippen molar-refractivity contribution in [2.75, 3.05) is 4.90 Å². The molecule has 1 aliphatic rings. The van der Waals surface area contributed by atoms with Crippen molar-refractivity contribution in [2.45, 2.75) is 19.3 Å². The molecule has 0 fully saturated rings. The van der Waals surface area contributed by atoms with Crippen LogP contribution in [0.25, 0.3) is 42.4 Å². The van der Waals surface area contributed by atoms with Crippen LogP contribution in [0.5, 0.6) is 0 Å². The van der Waals surface area contributed by atoms with Crippen molar-refractivity contribution in [2.24, 2.45) is 0 Å². The third-order valence-electron chi connectivity index (χ3n) is 8.68. The minimum absolute atomic E-state index is 0.00143. The summed E-state index contributed by atoms with van der Waals surface area (Å²) in [6, 6.07) is 51.1. The smallest absolute Gasteiger partial charge is 0.0468 e. The fourth-order valence-electron chi connectivity index (χ4n) is 6.58. The van der Waals surface area contributed by atoms with Gasteiger partial charge in [-0.25, -0.2) is 0 Å². The largest absolute Gasteiger partial charge is 0.310 e. The first kappa shape index (κ1) is 24.2.